The Morgan fingerprint density at radius 1 is 0.304 bits per heavy atom. The summed E-state index contributed by atoms with van der Waals surface area (Å²) in [6, 6.07) is 55.2. The maximum atomic E-state index is 2.49. The van der Waals surface area contributed by atoms with Gasteiger partial charge in [0.25, 0.3) is 0 Å². The van der Waals surface area contributed by atoms with Crippen LogP contribution in [0.1, 0.15) is 72.2 Å². The number of nitrogens with zero attached hydrogens (tertiary/aromatic N) is 2. The van der Waals surface area contributed by atoms with E-state index >= 15 is 0 Å². The Bertz CT molecular complexity index is 2570. The third-order valence-electron chi connectivity index (χ3n) is 12.8. The highest BCUT2D eigenvalue weighted by atomic mass is 15.1. The molecular weight excluding hydrogens is 677 g/mol. The summed E-state index contributed by atoms with van der Waals surface area (Å²) >= 11 is 0. The van der Waals surface area contributed by atoms with Crippen LogP contribution in [0.4, 0.5) is 34.1 Å². The molecule has 0 saturated heterocycles. The van der Waals surface area contributed by atoms with Crippen molar-refractivity contribution in [3.63, 3.8) is 0 Å². The second-order valence-electron chi connectivity index (χ2n) is 17.4. The Morgan fingerprint density at radius 2 is 0.589 bits per heavy atom. The summed E-state index contributed by atoms with van der Waals surface area (Å²) in [7, 11) is 0. The largest absolute Gasteiger partial charge is 0.310 e. The van der Waals surface area contributed by atoms with Gasteiger partial charge in [0.05, 0.1) is 0 Å². The quantitative estimate of drug-likeness (QED) is 0.168. The van der Waals surface area contributed by atoms with E-state index in [2.05, 4.69) is 211 Å². The number of hydrogen-bond acceptors (Lipinski definition) is 2. The van der Waals surface area contributed by atoms with Crippen molar-refractivity contribution in [3.8, 4) is 11.1 Å². The van der Waals surface area contributed by atoms with Crippen molar-refractivity contribution in [2.45, 2.75) is 66.2 Å². The minimum absolute atomic E-state index is 0.233. The molecule has 0 fully saturated rings. The summed E-state index contributed by atoms with van der Waals surface area (Å²) in [5.41, 5.74) is 20.0. The fraction of sp³-hybridized carbons (Fsp3) is 0.185. The second kappa shape index (κ2) is 12.2. The lowest BCUT2D eigenvalue weighted by Gasteiger charge is -2.44. The van der Waals surface area contributed by atoms with Crippen molar-refractivity contribution in [1.29, 1.82) is 0 Å². The molecule has 0 aromatic heterocycles. The first-order valence-electron chi connectivity index (χ1n) is 20.0. The average molecular weight is 725 g/mol. The minimum Gasteiger partial charge on any atom is -0.310 e. The molecule has 0 bridgehead atoms. The van der Waals surface area contributed by atoms with Gasteiger partial charge >= 0.3 is 0 Å². The van der Waals surface area contributed by atoms with Gasteiger partial charge in [0.2, 0.25) is 0 Å². The first-order valence-corrected chi connectivity index (χ1v) is 20.0. The van der Waals surface area contributed by atoms with Gasteiger partial charge in [-0.3, -0.25) is 0 Å². The van der Waals surface area contributed by atoms with Crippen molar-refractivity contribution in [1.82, 2.24) is 0 Å². The number of benzene rings is 8. The number of rotatable bonds is 6. The molecule has 10 rings (SSSR count). The molecule has 0 radical (unpaired) electrons. The van der Waals surface area contributed by atoms with Crippen LogP contribution in [-0.2, 0) is 10.8 Å². The highest BCUT2D eigenvalue weighted by Gasteiger charge is 2.43. The molecule has 0 spiro atoms. The number of aryl methyl sites for hydroxylation is 4. The first-order chi connectivity index (χ1) is 26.9. The molecule has 56 heavy (non-hydrogen) atoms. The Balaban J connectivity index is 1.23. The number of hydrogen-bond donors (Lipinski definition) is 0. The summed E-state index contributed by atoms with van der Waals surface area (Å²) in [6.45, 7) is 18.4. The molecule has 0 heterocycles. The summed E-state index contributed by atoms with van der Waals surface area (Å²) < 4.78 is 0. The normalized spacial score (nSPS) is 14.4. The first kappa shape index (κ1) is 34.4. The predicted molar refractivity (Wildman–Crippen MR) is 239 cm³/mol. The van der Waals surface area contributed by atoms with E-state index in [1.165, 1.54) is 88.6 Å². The zero-order valence-electron chi connectivity index (χ0n) is 33.8. The van der Waals surface area contributed by atoms with E-state index in [9.17, 15) is 0 Å². The molecule has 0 atom stereocenters. The monoisotopic (exact) mass is 724 g/mol. The van der Waals surface area contributed by atoms with Gasteiger partial charge in [-0.2, -0.15) is 0 Å². The van der Waals surface area contributed by atoms with Crippen LogP contribution >= 0.6 is 0 Å². The summed E-state index contributed by atoms with van der Waals surface area (Å²) in [5, 5.41) is 5.37. The van der Waals surface area contributed by atoms with Crippen molar-refractivity contribution in [2.75, 3.05) is 9.80 Å². The zero-order valence-corrected chi connectivity index (χ0v) is 33.8. The molecule has 0 N–H and O–H groups in total. The third kappa shape index (κ3) is 5.08. The van der Waals surface area contributed by atoms with Crippen LogP contribution in [-0.4, -0.2) is 0 Å². The molecular formula is C54H48N2. The van der Waals surface area contributed by atoms with Gasteiger partial charge in [0.15, 0.2) is 0 Å². The molecule has 2 aliphatic rings. The standard InChI is InChI=1S/C54H48N2/c1-33-9-19-39(20-10-33)55(40-21-11-34(2)12-22-40)43-29-37-17-27-46-51-49(37)47(31-43)53(5,6)45-28-18-38-30-44(32-48(54(46,7)8)50(38)52(45)51)56(41-23-13-35(3)14-24-41)42-25-15-36(4)16-26-42/h9-32H,1-8H3. The highest BCUT2D eigenvalue weighted by Crippen LogP contribution is 2.60. The smallest absolute Gasteiger partial charge is 0.0471 e. The minimum atomic E-state index is -0.233. The van der Waals surface area contributed by atoms with Gasteiger partial charge in [0.1, 0.15) is 0 Å². The van der Waals surface area contributed by atoms with Crippen LogP contribution in [0, 0.1) is 27.7 Å². The van der Waals surface area contributed by atoms with E-state index < -0.39 is 0 Å². The highest BCUT2D eigenvalue weighted by molar-refractivity contribution is 6.16. The number of anilines is 6. The SMILES string of the molecule is Cc1ccc(N(c2ccc(C)cc2)c2cc3c4c5c(ccc4c2)C(C)(C)c2cc(N(c4ccc(C)cc4)c4ccc(C)cc4)cc4ccc(c-5c24)C3(C)C)cc1. The van der Waals surface area contributed by atoms with Gasteiger partial charge in [-0.05, 0) is 155 Å². The molecule has 0 unspecified atom stereocenters. The summed E-state index contributed by atoms with van der Waals surface area (Å²) in [5.74, 6) is 0. The Kier molecular flexibility index (Phi) is 7.48. The molecule has 0 saturated carbocycles. The molecule has 274 valence electrons. The van der Waals surface area contributed by atoms with Crippen molar-refractivity contribution in [2.24, 2.45) is 0 Å². The third-order valence-corrected chi connectivity index (χ3v) is 12.8. The van der Waals surface area contributed by atoms with Crippen molar-refractivity contribution in [3.05, 3.63) is 190 Å². The molecule has 8 aromatic rings. The van der Waals surface area contributed by atoms with Crippen LogP contribution in [0.5, 0.6) is 0 Å². The fourth-order valence-corrected chi connectivity index (χ4v) is 9.67. The van der Waals surface area contributed by atoms with Crippen LogP contribution in [0.15, 0.2) is 146 Å². The van der Waals surface area contributed by atoms with E-state index in [-0.39, 0.29) is 10.8 Å². The molecule has 2 nitrogen and oxygen atoms in total. The molecule has 0 aliphatic heterocycles. The van der Waals surface area contributed by atoms with E-state index in [0.717, 1.165) is 22.7 Å². The van der Waals surface area contributed by atoms with E-state index in [1.807, 2.05) is 0 Å². The maximum absolute atomic E-state index is 2.49. The molecule has 2 heteroatoms. The van der Waals surface area contributed by atoms with E-state index in [1.54, 1.807) is 0 Å². The van der Waals surface area contributed by atoms with E-state index in [4.69, 9.17) is 0 Å². The van der Waals surface area contributed by atoms with Gasteiger partial charge in [-0.1, -0.05) is 123 Å². The van der Waals surface area contributed by atoms with Crippen LogP contribution in [0.3, 0.4) is 0 Å². The van der Waals surface area contributed by atoms with Crippen LogP contribution < -0.4 is 9.80 Å². The lowest BCUT2D eigenvalue weighted by Crippen LogP contribution is -2.30. The van der Waals surface area contributed by atoms with Crippen molar-refractivity contribution >= 4 is 55.7 Å². The molecule has 0 amide bonds. The van der Waals surface area contributed by atoms with Crippen LogP contribution in [0.25, 0.3) is 32.7 Å². The maximum Gasteiger partial charge on any atom is 0.0471 e. The lowest BCUT2D eigenvalue weighted by molar-refractivity contribution is 0.628. The van der Waals surface area contributed by atoms with Gasteiger partial charge in [-0.15, -0.1) is 0 Å². The predicted octanol–water partition coefficient (Wildman–Crippen LogP) is 15.1. The zero-order chi connectivity index (χ0) is 38.7. The molecule has 8 aromatic carbocycles. The second-order valence-corrected chi connectivity index (χ2v) is 17.4. The van der Waals surface area contributed by atoms with E-state index in [0.29, 0.717) is 0 Å². The Hall–Kier alpha value is -6.12. The lowest BCUT2D eigenvalue weighted by atomic mass is 9.60. The van der Waals surface area contributed by atoms with Gasteiger partial charge < -0.3 is 9.80 Å². The average Bonchev–Trinajstić information content (AvgIpc) is 3.18. The summed E-state index contributed by atoms with van der Waals surface area (Å²) in [4.78, 5) is 4.86. The Labute approximate surface area is 331 Å². The van der Waals surface area contributed by atoms with Gasteiger partial charge in [-0.25, -0.2) is 0 Å². The molecule has 2 aliphatic carbocycles. The van der Waals surface area contributed by atoms with Crippen molar-refractivity contribution < 1.29 is 0 Å². The fourth-order valence-electron chi connectivity index (χ4n) is 9.67. The van der Waals surface area contributed by atoms with Crippen LogP contribution in [0.2, 0.25) is 0 Å². The Morgan fingerprint density at radius 3 is 0.875 bits per heavy atom. The topological polar surface area (TPSA) is 6.48 Å². The van der Waals surface area contributed by atoms with Gasteiger partial charge in [0, 0.05) is 45.0 Å². The summed E-state index contributed by atoms with van der Waals surface area (Å²) in [6.07, 6.45) is 0.